The maximum absolute atomic E-state index is 12.6. The highest BCUT2D eigenvalue weighted by atomic mass is 16.5. The van der Waals surface area contributed by atoms with Crippen molar-refractivity contribution in [2.24, 2.45) is 0 Å². The number of aryl methyl sites for hydroxylation is 2. The maximum atomic E-state index is 12.6. The van der Waals surface area contributed by atoms with E-state index in [1.165, 1.54) is 11.1 Å². The summed E-state index contributed by atoms with van der Waals surface area (Å²) in [5, 5.41) is 0. The lowest BCUT2D eigenvalue weighted by molar-refractivity contribution is 0.0517. The predicted molar refractivity (Wildman–Crippen MR) is 203 cm³/mol. The zero-order valence-corrected chi connectivity index (χ0v) is 28.8. The second-order valence-electron chi connectivity index (χ2n) is 12.0. The van der Waals surface area contributed by atoms with E-state index in [-0.39, 0.29) is 11.9 Å². The molecule has 0 unspecified atom stereocenters. The third-order valence-electron chi connectivity index (χ3n) is 8.40. The molecule has 6 aromatic rings. The molecule has 0 saturated carbocycles. The molecule has 6 nitrogen and oxygen atoms in total. The van der Waals surface area contributed by atoms with Gasteiger partial charge in [-0.1, -0.05) is 71.8 Å². The number of carbonyl (C=O) groups is 2. The molecular formula is C44H40N2O4. The van der Waals surface area contributed by atoms with Gasteiger partial charge in [-0.25, -0.2) is 9.59 Å². The van der Waals surface area contributed by atoms with E-state index in [9.17, 15) is 9.59 Å². The molecule has 0 atom stereocenters. The standard InChI is InChI=1S/C44H40N2O4/c1-5-49-43(47)35-9-7-11-41(29-35)45(37-21-13-31(3)14-22-37)39-25-17-33(18-26-39)34-19-27-40(28-20-34)46(38-23-15-32(4)16-24-38)42-12-8-10-36(30-42)44(48)50-6-2/h7-30H,5-6H2,1-4H3. The monoisotopic (exact) mass is 660 g/mol. The Morgan fingerprint density at radius 2 is 0.760 bits per heavy atom. The van der Waals surface area contributed by atoms with E-state index in [0.717, 1.165) is 45.3 Å². The molecular weight excluding hydrogens is 620 g/mol. The topological polar surface area (TPSA) is 59.1 Å². The van der Waals surface area contributed by atoms with Crippen molar-refractivity contribution in [3.8, 4) is 11.1 Å². The quantitative estimate of drug-likeness (QED) is 0.129. The second kappa shape index (κ2) is 15.4. The van der Waals surface area contributed by atoms with Crippen LogP contribution < -0.4 is 9.80 Å². The molecule has 0 aliphatic rings. The van der Waals surface area contributed by atoms with Crippen molar-refractivity contribution >= 4 is 46.1 Å². The zero-order valence-electron chi connectivity index (χ0n) is 28.8. The molecule has 0 aliphatic heterocycles. The van der Waals surface area contributed by atoms with Gasteiger partial charge in [-0.15, -0.1) is 0 Å². The number of anilines is 6. The van der Waals surface area contributed by atoms with Gasteiger partial charge >= 0.3 is 11.9 Å². The average molecular weight is 661 g/mol. The zero-order chi connectivity index (χ0) is 35.0. The lowest BCUT2D eigenvalue weighted by Crippen LogP contribution is -2.12. The Morgan fingerprint density at radius 1 is 0.440 bits per heavy atom. The first-order chi connectivity index (χ1) is 24.3. The van der Waals surface area contributed by atoms with Gasteiger partial charge in [0.1, 0.15) is 0 Å². The Morgan fingerprint density at radius 3 is 1.08 bits per heavy atom. The van der Waals surface area contributed by atoms with Crippen LogP contribution in [-0.4, -0.2) is 25.2 Å². The Balaban J connectivity index is 1.33. The smallest absolute Gasteiger partial charge is 0.338 e. The highest BCUT2D eigenvalue weighted by Gasteiger charge is 2.18. The van der Waals surface area contributed by atoms with Gasteiger partial charge in [0.25, 0.3) is 0 Å². The fourth-order valence-corrected chi connectivity index (χ4v) is 5.86. The van der Waals surface area contributed by atoms with Gasteiger partial charge in [0.2, 0.25) is 0 Å². The van der Waals surface area contributed by atoms with E-state index in [1.54, 1.807) is 12.1 Å². The number of rotatable bonds is 11. The van der Waals surface area contributed by atoms with Crippen molar-refractivity contribution in [1.29, 1.82) is 0 Å². The van der Waals surface area contributed by atoms with Gasteiger partial charge < -0.3 is 19.3 Å². The first kappa shape index (κ1) is 33.7. The number of hydrogen-bond donors (Lipinski definition) is 0. The number of benzene rings is 6. The highest BCUT2D eigenvalue weighted by Crippen LogP contribution is 2.38. The van der Waals surface area contributed by atoms with Crippen LogP contribution in [0.5, 0.6) is 0 Å². The lowest BCUT2D eigenvalue weighted by Gasteiger charge is -2.26. The van der Waals surface area contributed by atoms with Gasteiger partial charge in [0, 0.05) is 34.1 Å². The van der Waals surface area contributed by atoms with Crippen LogP contribution in [0.4, 0.5) is 34.1 Å². The summed E-state index contributed by atoms with van der Waals surface area (Å²) < 4.78 is 10.6. The molecule has 50 heavy (non-hydrogen) atoms. The summed E-state index contributed by atoms with van der Waals surface area (Å²) in [4.78, 5) is 29.4. The van der Waals surface area contributed by atoms with Crippen molar-refractivity contribution in [3.05, 3.63) is 168 Å². The summed E-state index contributed by atoms with van der Waals surface area (Å²) in [7, 11) is 0. The number of nitrogens with zero attached hydrogens (tertiary/aromatic N) is 2. The summed E-state index contributed by atoms with van der Waals surface area (Å²) in [5.41, 5.74) is 11.1. The minimum Gasteiger partial charge on any atom is -0.462 e. The third-order valence-corrected chi connectivity index (χ3v) is 8.40. The number of esters is 2. The van der Waals surface area contributed by atoms with Crippen LogP contribution in [0.2, 0.25) is 0 Å². The Hall–Kier alpha value is -6.14. The first-order valence-electron chi connectivity index (χ1n) is 16.8. The van der Waals surface area contributed by atoms with Gasteiger partial charge in [-0.05, 0) is 124 Å². The fourth-order valence-electron chi connectivity index (χ4n) is 5.86. The van der Waals surface area contributed by atoms with Crippen LogP contribution >= 0.6 is 0 Å². The minimum atomic E-state index is -0.343. The molecule has 0 bridgehead atoms. The van der Waals surface area contributed by atoms with Crippen LogP contribution in [0.1, 0.15) is 45.7 Å². The van der Waals surface area contributed by atoms with Crippen molar-refractivity contribution in [1.82, 2.24) is 0 Å². The van der Waals surface area contributed by atoms with Gasteiger partial charge in [0.05, 0.1) is 24.3 Å². The number of carbonyl (C=O) groups excluding carboxylic acids is 2. The molecule has 0 saturated heterocycles. The van der Waals surface area contributed by atoms with Crippen LogP contribution in [-0.2, 0) is 9.47 Å². The SMILES string of the molecule is CCOC(=O)c1cccc(N(c2ccc(C)cc2)c2ccc(-c3ccc(N(c4ccc(C)cc4)c4cccc(C(=O)OCC)c4)cc3)cc2)c1. The van der Waals surface area contributed by atoms with E-state index in [2.05, 4.69) is 121 Å². The summed E-state index contributed by atoms with van der Waals surface area (Å²) in [6.07, 6.45) is 0. The number of hydrogen-bond acceptors (Lipinski definition) is 6. The maximum Gasteiger partial charge on any atom is 0.338 e. The molecule has 0 radical (unpaired) electrons. The molecule has 0 aliphatic carbocycles. The van der Waals surface area contributed by atoms with Gasteiger partial charge in [-0.2, -0.15) is 0 Å². The van der Waals surface area contributed by atoms with E-state index in [1.807, 2.05) is 50.2 Å². The van der Waals surface area contributed by atoms with Gasteiger partial charge in [0.15, 0.2) is 0 Å². The summed E-state index contributed by atoms with van der Waals surface area (Å²) in [6.45, 7) is 8.38. The van der Waals surface area contributed by atoms with Crippen molar-refractivity contribution < 1.29 is 19.1 Å². The van der Waals surface area contributed by atoms with E-state index in [4.69, 9.17) is 9.47 Å². The Bertz CT molecular complexity index is 1920. The molecule has 0 heterocycles. The molecule has 0 aromatic heterocycles. The van der Waals surface area contributed by atoms with Crippen LogP contribution in [0.3, 0.4) is 0 Å². The molecule has 0 N–H and O–H groups in total. The molecule has 250 valence electrons. The molecule has 0 fully saturated rings. The highest BCUT2D eigenvalue weighted by molar-refractivity contribution is 5.93. The average Bonchev–Trinajstić information content (AvgIpc) is 3.14. The Kier molecular flexibility index (Phi) is 10.4. The summed E-state index contributed by atoms with van der Waals surface area (Å²) in [6, 6.07) is 48.6. The Labute approximate surface area is 294 Å². The van der Waals surface area contributed by atoms with Crippen molar-refractivity contribution in [2.45, 2.75) is 27.7 Å². The normalized spacial score (nSPS) is 10.7. The van der Waals surface area contributed by atoms with E-state index in [0.29, 0.717) is 24.3 Å². The minimum absolute atomic E-state index is 0.319. The fraction of sp³-hybridized carbons (Fsp3) is 0.136. The lowest BCUT2D eigenvalue weighted by atomic mass is 10.0. The predicted octanol–water partition coefficient (Wildman–Crippen LogP) is 11.3. The summed E-state index contributed by atoms with van der Waals surface area (Å²) >= 11 is 0. The molecule has 6 aromatic carbocycles. The third kappa shape index (κ3) is 7.61. The molecule has 6 heteroatoms. The largest absolute Gasteiger partial charge is 0.462 e. The number of ether oxygens (including phenoxy) is 2. The second-order valence-corrected chi connectivity index (χ2v) is 12.0. The van der Waals surface area contributed by atoms with E-state index >= 15 is 0 Å². The molecule has 6 rings (SSSR count). The van der Waals surface area contributed by atoms with Crippen molar-refractivity contribution in [3.63, 3.8) is 0 Å². The van der Waals surface area contributed by atoms with E-state index < -0.39 is 0 Å². The molecule has 0 amide bonds. The molecule has 0 spiro atoms. The summed E-state index contributed by atoms with van der Waals surface area (Å²) in [5.74, 6) is -0.686. The van der Waals surface area contributed by atoms with Gasteiger partial charge in [-0.3, -0.25) is 0 Å². The van der Waals surface area contributed by atoms with Crippen LogP contribution in [0.25, 0.3) is 11.1 Å². The van der Waals surface area contributed by atoms with Crippen molar-refractivity contribution in [2.75, 3.05) is 23.0 Å². The van der Waals surface area contributed by atoms with Crippen LogP contribution in [0, 0.1) is 13.8 Å². The first-order valence-corrected chi connectivity index (χ1v) is 16.8. The van der Waals surface area contributed by atoms with Crippen LogP contribution in [0.15, 0.2) is 146 Å².